The molecule has 4 atom stereocenters. The van der Waals surface area contributed by atoms with Crippen LogP contribution in [-0.2, 0) is 16.1 Å². The van der Waals surface area contributed by atoms with Crippen LogP contribution in [0.25, 0.3) is 0 Å². The summed E-state index contributed by atoms with van der Waals surface area (Å²) in [4.78, 5) is 21.5. The Kier molecular flexibility index (Phi) is 5.03. The van der Waals surface area contributed by atoms with Gasteiger partial charge in [0, 0.05) is 37.2 Å². The monoisotopic (exact) mass is 403 g/mol. The van der Waals surface area contributed by atoms with Crippen LogP contribution in [0.15, 0.2) is 35.9 Å². The van der Waals surface area contributed by atoms with E-state index in [1.54, 1.807) is 0 Å². The molecule has 5 rings (SSSR count). The summed E-state index contributed by atoms with van der Waals surface area (Å²) in [6.45, 7) is 2.11. The fourth-order valence-electron chi connectivity index (χ4n) is 4.49. The van der Waals surface area contributed by atoms with Gasteiger partial charge in [-0.1, -0.05) is 11.6 Å². The highest BCUT2D eigenvalue weighted by atomic mass is 16.7. The predicted octanol–water partition coefficient (Wildman–Crippen LogP) is 0.460. The van der Waals surface area contributed by atoms with Crippen molar-refractivity contribution >= 4 is 11.9 Å². The fraction of sp³-hybridized carbons (Fsp3) is 0.400. The van der Waals surface area contributed by atoms with Crippen LogP contribution >= 0.6 is 0 Å². The van der Waals surface area contributed by atoms with Crippen molar-refractivity contribution in [2.75, 3.05) is 13.3 Å². The summed E-state index contributed by atoms with van der Waals surface area (Å²) in [6.07, 6.45) is 2.40. The van der Waals surface area contributed by atoms with Crippen LogP contribution in [0, 0.1) is 0 Å². The van der Waals surface area contributed by atoms with E-state index in [9.17, 15) is 19.8 Å². The Morgan fingerprint density at radius 1 is 1.07 bits per heavy atom. The molecule has 4 N–H and O–H groups in total. The van der Waals surface area contributed by atoms with Crippen LogP contribution in [0.3, 0.4) is 0 Å². The normalized spacial score (nSPS) is 28.8. The lowest BCUT2D eigenvalue weighted by molar-refractivity contribution is -0.134. The standard InChI is InChI=1S/C16H17NO4.C4H4O4/c18-11-3-8-1-2-17-6-9-4-12-13(21-7-20-12)5-10(9)14(15(8)17)16(11)19;5-3(6)1-2-4(7)8/h3-5,11,14-16,18-19H,1-2,6-7H2;1-2H,(H,5,6)(H,7,8)/b;2-1+/t11-,14-,15+,16+;/m0./s1. The number of fused-ring (bicyclic) bond motifs is 3. The first kappa shape index (κ1) is 19.4. The molecule has 3 heterocycles. The lowest BCUT2D eigenvalue weighted by atomic mass is 9.73. The number of carbonyl (C=O) groups is 2. The van der Waals surface area contributed by atoms with E-state index in [1.807, 2.05) is 18.2 Å². The highest BCUT2D eigenvalue weighted by Gasteiger charge is 2.48. The number of aliphatic hydroxyl groups is 2. The molecule has 0 radical (unpaired) electrons. The summed E-state index contributed by atoms with van der Waals surface area (Å²) in [7, 11) is 0. The number of hydrogen-bond donors (Lipinski definition) is 4. The highest BCUT2D eigenvalue weighted by Crippen LogP contribution is 2.49. The molecule has 1 aliphatic carbocycles. The predicted molar refractivity (Wildman–Crippen MR) is 98.6 cm³/mol. The van der Waals surface area contributed by atoms with Gasteiger partial charge in [0.25, 0.3) is 0 Å². The van der Waals surface area contributed by atoms with Gasteiger partial charge in [0.15, 0.2) is 11.5 Å². The van der Waals surface area contributed by atoms with E-state index in [-0.39, 0.29) is 18.8 Å². The molecule has 154 valence electrons. The second-order valence-electron chi connectivity index (χ2n) is 7.33. The minimum atomic E-state index is -1.26. The SMILES string of the molecule is O=C(O)/C=C/C(=O)O.O[C@H]1[C@H]2c3cc4c(cc3CN3CCC(=C[C@@H]1O)[C@H]23)OCO4. The number of nitrogens with zero attached hydrogens (tertiary/aromatic N) is 1. The molecule has 0 aromatic heterocycles. The average molecular weight is 403 g/mol. The zero-order valence-corrected chi connectivity index (χ0v) is 15.4. The van der Waals surface area contributed by atoms with Gasteiger partial charge in [-0.05, 0) is 29.7 Å². The molecule has 4 aliphatic rings. The summed E-state index contributed by atoms with van der Waals surface area (Å²) in [6, 6.07) is 4.25. The lowest BCUT2D eigenvalue weighted by Crippen LogP contribution is -2.49. The van der Waals surface area contributed by atoms with E-state index in [1.165, 1.54) is 11.1 Å². The van der Waals surface area contributed by atoms with Crippen LogP contribution in [-0.4, -0.2) is 68.9 Å². The summed E-state index contributed by atoms with van der Waals surface area (Å²) in [5.74, 6) is -1.06. The van der Waals surface area contributed by atoms with Gasteiger partial charge in [-0.2, -0.15) is 0 Å². The van der Waals surface area contributed by atoms with Crippen LogP contribution < -0.4 is 9.47 Å². The van der Waals surface area contributed by atoms with Gasteiger partial charge < -0.3 is 29.9 Å². The van der Waals surface area contributed by atoms with Crippen molar-refractivity contribution in [3.8, 4) is 11.5 Å². The number of carboxylic acids is 2. The molecule has 0 amide bonds. The topological polar surface area (TPSA) is 137 Å². The van der Waals surface area contributed by atoms with Crippen molar-refractivity contribution in [3.63, 3.8) is 0 Å². The van der Waals surface area contributed by atoms with Crippen LogP contribution in [0.5, 0.6) is 11.5 Å². The van der Waals surface area contributed by atoms with Crippen molar-refractivity contribution in [3.05, 3.63) is 47.1 Å². The van der Waals surface area contributed by atoms with Gasteiger partial charge >= 0.3 is 11.9 Å². The van der Waals surface area contributed by atoms with Crippen LogP contribution in [0.4, 0.5) is 0 Å². The minimum absolute atomic E-state index is 0.0826. The second kappa shape index (κ2) is 7.51. The van der Waals surface area contributed by atoms with E-state index in [2.05, 4.69) is 4.90 Å². The first-order chi connectivity index (χ1) is 13.8. The zero-order valence-electron chi connectivity index (χ0n) is 15.4. The Balaban J connectivity index is 0.000000221. The molecule has 0 bridgehead atoms. The van der Waals surface area contributed by atoms with Crippen LogP contribution in [0.1, 0.15) is 23.5 Å². The second-order valence-corrected chi connectivity index (χ2v) is 7.33. The number of aliphatic carboxylic acids is 2. The molecule has 0 unspecified atom stereocenters. The molecule has 0 saturated carbocycles. The molecule has 1 aromatic carbocycles. The smallest absolute Gasteiger partial charge is 0.328 e. The summed E-state index contributed by atoms with van der Waals surface area (Å²) < 4.78 is 10.9. The molecule has 0 spiro atoms. The summed E-state index contributed by atoms with van der Waals surface area (Å²) >= 11 is 0. The maximum Gasteiger partial charge on any atom is 0.328 e. The quantitative estimate of drug-likeness (QED) is 0.410. The third-order valence-electron chi connectivity index (χ3n) is 5.64. The van der Waals surface area contributed by atoms with Gasteiger partial charge in [-0.25, -0.2) is 9.59 Å². The van der Waals surface area contributed by atoms with Gasteiger partial charge in [-0.15, -0.1) is 0 Å². The Morgan fingerprint density at radius 3 is 2.38 bits per heavy atom. The maximum atomic E-state index is 10.5. The number of aliphatic hydroxyl groups excluding tert-OH is 2. The maximum absolute atomic E-state index is 10.5. The van der Waals surface area contributed by atoms with E-state index in [4.69, 9.17) is 19.7 Å². The molecular weight excluding hydrogens is 382 g/mol. The largest absolute Gasteiger partial charge is 0.478 e. The van der Waals surface area contributed by atoms with Gasteiger partial charge in [-0.3, -0.25) is 4.90 Å². The van der Waals surface area contributed by atoms with E-state index >= 15 is 0 Å². The lowest BCUT2D eigenvalue weighted by Gasteiger charge is -2.44. The van der Waals surface area contributed by atoms with E-state index < -0.39 is 24.1 Å². The van der Waals surface area contributed by atoms with Crippen LogP contribution in [0.2, 0.25) is 0 Å². The number of benzene rings is 1. The number of ether oxygens (including phenoxy) is 2. The van der Waals surface area contributed by atoms with Gasteiger partial charge in [0.05, 0.1) is 12.2 Å². The third-order valence-corrected chi connectivity index (χ3v) is 5.64. The summed E-state index contributed by atoms with van der Waals surface area (Å²) in [5, 5.41) is 36.3. The van der Waals surface area contributed by atoms with Crippen molar-refractivity contribution in [1.82, 2.24) is 4.90 Å². The van der Waals surface area contributed by atoms with Crippen molar-refractivity contribution in [2.24, 2.45) is 0 Å². The summed E-state index contributed by atoms with van der Waals surface area (Å²) in [5.41, 5.74) is 3.54. The van der Waals surface area contributed by atoms with Crippen molar-refractivity contribution in [2.45, 2.75) is 37.1 Å². The van der Waals surface area contributed by atoms with Crippen molar-refractivity contribution < 1.29 is 39.5 Å². The molecule has 3 aliphatic heterocycles. The highest BCUT2D eigenvalue weighted by molar-refractivity contribution is 5.89. The number of hydrogen-bond acceptors (Lipinski definition) is 7. The van der Waals surface area contributed by atoms with Gasteiger partial charge in [0.1, 0.15) is 0 Å². The van der Waals surface area contributed by atoms with Gasteiger partial charge in [0.2, 0.25) is 6.79 Å². The zero-order chi connectivity index (χ0) is 20.7. The van der Waals surface area contributed by atoms with Crippen molar-refractivity contribution in [1.29, 1.82) is 0 Å². The molecule has 1 aromatic rings. The Morgan fingerprint density at radius 2 is 1.72 bits per heavy atom. The fourth-order valence-corrected chi connectivity index (χ4v) is 4.49. The molecule has 1 saturated heterocycles. The third kappa shape index (κ3) is 3.59. The average Bonchev–Trinajstić information content (AvgIpc) is 3.29. The first-order valence-corrected chi connectivity index (χ1v) is 9.22. The molecular formula is C20H21NO8. The van der Waals surface area contributed by atoms with E-state index in [0.717, 1.165) is 36.6 Å². The number of carboxylic acid groups (broad SMARTS) is 2. The number of rotatable bonds is 2. The molecule has 9 heteroatoms. The van der Waals surface area contributed by atoms with E-state index in [0.29, 0.717) is 12.2 Å². The molecule has 1 fully saturated rings. The minimum Gasteiger partial charge on any atom is -0.478 e. The first-order valence-electron chi connectivity index (χ1n) is 9.22. The Hall–Kier alpha value is -2.88. The molecule has 29 heavy (non-hydrogen) atoms. The Labute approximate surface area is 166 Å². The Bertz CT molecular complexity index is 892. The molecule has 9 nitrogen and oxygen atoms in total.